The zero-order chi connectivity index (χ0) is 16.0. The number of benzene rings is 1. The van der Waals surface area contributed by atoms with Crippen LogP contribution in [0.1, 0.15) is 43.6 Å². The normalized spacial score (nSPS) is 28.6. The van der Waals surface area contributed by atoms with Crippen molar-refractivity contribution in [2.75, 3.05) is 13.1 Å². The third-order valence-corrected chi connectivity index (χ3v) is 5.45. The fourth-order valence-electron chi connectivity index (χ4n) is 3.79. The number of rotatable bonds is 4. The summed E-state index contributed by atoms with van der Waals surface area (Å²) in [7, 11) is 0. The van der Waals surface area contributed by atoms with Crippen molar-refractivity contribution in [2.24, 2.45) is 5.92 Å². The number of carbonyl (C=O) groups excluding carboxylic acids is 1. The summed E-state index contributed by atoms with van der Waals surface area (Å²) in [5.41, 5.74) is 0.341. The molecule has 4 rings (SSSR count). The van der Waals surface area contributed by atoms with Crippen LogP contribution in [0.4, 0.5) is 8.78 Å². The SMILES string of the molecule is O=C(NC1CCN(C2CC2)CC1)C1CC1c1cccc(F)c1F. The molecule has 0 bridgehead atoms. The van der Waals surface area contributed by atoms with Gasteiger partial charge in [0.2, 0.25) is 5.91 Å². The van der Waals surface area contributed by atoms with Crippen LogP contribution in [0, 0.1) is 17.6 Å². The van der Waals surface area contributed by atoms with Crippen molar-refractivity contribution in [3.63, 3.8) is 0 Å². The Bertz CT molecular complexity index is 609. The van der Waals surface area contributed by atoms with Gasteiger partial charge in [-0.3, -0.25) is 4.79 Å². The Balaban J connectivity index is 1.30. The molecule has 3 aliphatic rings. The Labute approximate surface area is 135 Å². The van der Waals surface area contributed by atoms with Crippen LogP contribution in [0.2, 0.25) is 0 Å². The van der Waals surface area contributed by atoms with Crippen molar-refractivity contribution < 1.29 is 13.6 Å². The van der Waals surface area contributed by atoms with Crippen molar-refractivity contribution in [3.8, 4) is 0 Å². The van der Waals surface area contributed by atoms with Crippen LogP contribution in [0.25, 0.3) is 0 Å². The van der Waals surface area contributed by atoms with Crippen molar-refractivity contribution in [1.82, 2.24) is 10.2 Å². The molecular weight excluding hydrogens is 298 g/mol. The van der Waals surface area contributed by atoms with Gasteiger partial charge in [-0.15, -0.1) is 0 Å². The van der Waals surface area contributed by atoms with E-state index in [4.69, 9.17) is 0 Å². The highest BCUT2D eigenvalue weighted by Crippen LogP contribution is 2.48. The number of amides is 1. The monoisotopic (exact) mass is 320 g/mol. The predicted octanol–water partition coefficient (Wildman–Crippen LogP) is 2.81. The molecule has 0 radical (unpaired) electrons. The number of nitrogens with one attached hydrogen (secondary N) is 1. The first-order valence-electron chi connectivity index (χ1n) is 8.62. The summed E-state index contributed by atoms with van der Waals surface area (Å²) in [4.78, 5) is 14.9. The highest BCUT2D eigenvalue weighted by molar-refractivity contribution is 5.83. The zero-order valence-electron chi connectivity index (χ0n) is 13.1. The number of nitrogens with zero attached hydrogens (tertiary/aromatic N) is 1. The van der Waals surface area contributed by atoms with E-state index in [1.54, 1.807) is 6.07 Å². The van der Waals surface area contributed by atoms with Gasteiger partial charge in [-0.2, -0.15) is 0 Å². The topological polar surface area (TPSA) is 32.3 Å². The molecule has 2 aliphatic carbocycles. The first-order valence-corrected chi connectivity index (χ1v) is 8.62. The average molecular weight is 320 g/mol. The molecule has 1 aromatic carbocycles. The summed E-state index contributed by atoms with van der Waals surface area (Å²) in [6.45, 7) is 2.12. The van der Waals surface area contributed by atoms with Crippen LogP contribution in [0.5, 0.6) is 0 Å². The number of carbonyl (C=O) groups is 1. The number of halogens is 2. The summed E-state index contributed by atoms with van der Waals surface area (Å²) < 4.78 is 27.1. The van der Waals surface area contributed by atoms with E-state index >= 15 is 0 Å². The lowest BCUT2D eigenvalue weighted by atomic mass is 10.0. The van der Waals surface area contributed by atoms with Crippen LogP contribution in [-0.2, 0) is 4.79 Å². The molecule has 5 heteroatoms. The fourth-order valence-corrected chi connectivity index (χ4v) is 3.79. The summed E-state index contributed by atoms with van der Waals surface area (Å²) >= 11 is 0. The maximum Gasteiger partial charge on any atom is 0.223 e. The number of hydrogen-bond donors (Lipinski definition) is 1. The molecular formula is C18H22F2N2O. The van der Waals surface area contributed by atoms with Crippen molar-refractivity contribution >= 4 is 5.91 Å². The maximum atomic E-state index is 13.8. The van der Waals surface area contributed by atoms with Crippen molar-refractivity contribution in [3.05, 3.63) is 35.4 Å². The molecule has 0 spiro atoms. The second-order valence-electron chi connectivity index (χ2n) is 7.14. The molecule has 1 aliphatic heterocycles. The van der Waals surface area contributed by atoms with Gasteiger partial charge in [-0.05, 0) is 49.7 Å². The molecule has 3 nitrogen and oxygen atoms in total. The molecule has 1 saturated heterocycles. The number of likely N-dealkylation sites (tertiary alicyclic amines) is 1. The van der Waals surface area contributed by atoms with Gasteiger partial charge in [0, 0.05) is 31.1 Å². The quantitative estimate of drug-likeness (QED) is 0.925. The van der Waals surface area contributed by atoms with E-state index in [-0.39, 0.29) is 23.8 Å². The molecule has 23 heavy (non-hydrogen) atoms. The molecule has 0 aromatic heterocycles. The van der Waals surface area contributed by atoms with Gasteiger partial charge < -0.3 is 10.2 Å². The molecule has 3 fully saturated rings. The molecule has 1 heterocycles. The van der Waals surface area contributed by atoms with E-state index in [9.17, 15) is 13.6 Å². The predicted molar refractivity (Wildman–Crippen MR) is 83.0 cm³/mol. The molecule has 2 saturated carbocycles. The third-order valence-electron chi connectivity index (χ3n) is 5.45. The molecule has 124 valence electrons. The molecule has 1 amide bonds. The largest absolute Gasteiger partial charge is 0.353 e. The van der Waals surface area contributed by atoms with Gasteiger partial charge in [0.05, 0.1) is 0 Å². The van der Waals surface area contributed by atoms with E-state index in [2.05, 4.69) is 10.2 Å². The Hall–Kier alpha value is -1.49. The highest BCUT2D eigenvalue weighted by atomic mass is 19.2. The van der Waals surface area contributed by atoms with Crippen LogP contribution in [-0.4, -0.2) is 36.0 Å². The number of hydrogen-bond acceptors (Lipinski definition) is 2. The Morgan fingerprint density at radius 2 is 1.87 bits per heavy atom. The molecule has 2 unspecified atom stereocenters. The standard InChI is InChI=1S/C18H22F2N2O/c19-16-3-1-2-13(17(16)20)14-10-15(14)18(23)21-11-6-8-22(9-7-11)12-4-5-12/h1-3,11-12,14-15H,4-10H2,(H,21,23). The second kappa shape index (κ2) is 5.86. The number of piperidine rings is 1. The Morgan fingerprint density at radius 3 is 2.57 bits per heavy atom. The van der Waals surface area contributed by atoms with Gasteiger partial charge in [0.15, 0.2) is 11.6 Å². The van der Waals surface area contributed by atoms with Crippen molar-refractivity contribution in [2.45, 2.75) is 50.1 Å². The third kappa shape index (κ3) is 3.11. The van der Waals surface area contributed by atoms with E-state index in [0.29, 0.717) is 12.0 Å². The van der Waals surface area contributed by atoms with E-state index in [1.807, 2.05) is 0 Å². The summed E-state index contributed by atoms with van der Waals surface area (Å²) in [6, 6.07) is 5.23. The van der Waals surface area contributed by atoms with Crippen LogP contribution >= 0.6 is 0 Å². The van der Waals surface area contributed by atoms with E-state index < -0.39 is 11.6 Å². The smallest absolute Gasteiger partial charge is 0.223 e. The van der Waals surface area contributed by atoms with E-state index in [0.717, 1.165) is 38.0 Å². The van der Waals surface area contributed by atoms with E-state index in [1.165, 1.54) is 18.9 Å². The minimum atomic E-state index is -0.832. The van der Waals surface area contributed by atoms with Gasteiger partial charge in [0.25, 0.3) is 0 Å². The Morgan fingerprint density at radius 1 is 1.13 bits per heavy atom. The minimum Gasteiger partial charge on any atom is -0.353 e. The maximum absolute atomic E-state index is 13.8. The Kier molecular flexibility index (Phi) is 3.84. The fraction of sp³-hybridized carbons (Fsp3) is 0.611. The molecule has 1 N–H and O–H groups in total. The van der Waals surface area contributed by atoms with Crippen LogP contribution < -0.4 is 5.32 Å². The van der Waals surface area contributed by atoms with Crippen LogP contribution in [0.3, 0.4) is 0 Å². The van der Waals surface area contributed by atoms with Gasteiger partial charge in [0.1, 0.15) is 0 Å². The lowest BCUT2D eigenvalue weighted by Crippen LogP contribution is -2.45. The lowest BCUT2D eigenvalue weighted by Gasteiger charge is -2.32. The summed E-state index contributed by atoms with van der Waals surface area (Å²) in [5.74, 6) is -2.00. The van der Waals surface area contributed by atoms with Gasteiger partial charge in [-0.25, -0.2) is 8.78 Å². The minimum absolute atomic E-state index is 0.00327. The second-order valence-corrected chi connectivity index (χ2v) is 7.14. The van der Waals surface area contributed by atoms with Gasteiger partial charge >= 0.3 is 0 Å². The summed E-state index contributed by atoms with van der Waals surface area (Å²) in [6.07, 6.45) is 5.25. The molecule has 1 aromatic rings. The average Bonchev–Trinajstić information content (AvgIpc) is 3.44. The lowest BCUT2D eigenvalue weighted by molar-refractivity contribution is -0.123. The zero-order valence-corrected chi connectivity index (χ0v) is 13.1. The van der Waals surface area contributed by atoms with Crippen LogP contribution in [0.15, 0.2) is 18.2 Å². The highest BCUT2D eigenvalue weighted by Gasteiger charge is 2.46. The van der Waals surface area contributed by atoms with Crippen molar-refractivity contribution in [1.29, 1.82) is 0 Å². The van der Waals surface area contributed by atoms with Gasteiger partial charge in [-0.1, -0.05) is 12.1 Å². The molecule has 2 atom stereocenters. The first-order chi connectivity index (χ1) is 11.1. The first kappa shape index (κ1) is 15.1. The summed E-state index contributed by atoms with van der Waals surface area (Å²) in [5, 5.41) is 3.11.